The molecule has 1 saturated carbocycles. The van der Waals surface area contributed by atoms with E-state index >= 15 is 0 Å². The van der Waals surface area contributed by atoms with Gasteiger partial charge in [-0.2, -0.15) is 0 Å². The summed E-state index contributed by atoms with van der Waals surface area (Å²) in [5, 5.41) is 0. The number of rotatable bonds is 3. The Labute approximate surface area is 91.1 Å². The van der Waals surface area contributed by atoms with Gasteiger partial charge in [0.2, 0.25) is 0 Å². The molecule has 1 aliphatic rings. The van der Waals surface area contributed by atoms with Crippen LogP contribution in [0.15, 0.2) is 0 Å². The van der Waals surface area contributed by atoms with Crippen LogP contribution < -0.4 is 5.73 Å². The highest BCUT2D eigenvalue weighted by Gasteiger charge is 2.42. The number of carbonyl (C=O) groups is 1. The van der Waals surface area contributed by atoms with Crippen LogP contribution in [-0.4, -0.2) is 30.8 Å². The van der Waals surface area contributed by atoms with E-state index in [0.717, 1.165) is 6.42 Å². The molecule has 0 aromatic heterocycles. The zero-order valence-electron chi connectivity index (χ0n) is 9.95. The fourth-order valence-electron chi connectivity index (χ4n) is 1.85. The molecular weight excluding hydrogens is 194 g/mol. The van der Waals surface area contributed by atoms with E-state index < -0.39 is 0 Å². The van der Waals surface area contributed by atoms with Crippen LogP contribution in [-0.2, 0) is 14.3 Å². The average Bonchev–Trinajstić information content (AvgIpc) is 2.11. The molecule has 0 saturated heterocycles. The summed E-state index contributed by atoms with van der Waals surface area (Å²) in [5.74, 6) is -0.102. The van der Waals surface area contributed by atoms with E-state index in [1.165, 1.54) is 7.11 Å². The highest BCUT2D eigenvalue weighted by atomic mass is 16.5. The number of hydrogen-bond acceptors (Lipinski definition) is 4. The van der Waals surface area contributed by atoms with Crippen molar-refractivity contribution in [3.63, 3.8) is 0 Å². The average molecular weight is 215 g/mol. The number of hydrogen-bond donors (Lipinski definition) is 1. The molecule has 1 fully saturated rings. The zero-order valence-corrected chi connectivity index (χ0v) is 9.95. The molecule has 2 N–H and O–H groups in total. The third-order valence-corrected chi connectivity index (χ3v) is 2.67. The molecule has 3 atom stereocenters. The summed E-state index contributed by atoms with van der Waals surface area (Å²) in [6.45, 7) is 6.02. The SMILES string of the molecule is COC(=O)C[C@@H]1[C@@H](N)C[C@H]1OC(C)(C)C. The topological polar surface area (TPSA) is 61.5 Å². The van der Waals surface area contributed by atoms with E-state index in [4.69, 9.17) is 10.5 Å². The molecule has 0 bridgehead atoms. The Hall–Kier alpha value is -0.610. The van der Waals surface area contributed by atoms with Gasteiger partial charge in [-0.1, -0.05) is 0 Å². The van der Waals surface area contributed by atoms with Crippen molar-refractivity contribution in [1.29, 1.82) is 0 Å². The monoisotopic (exact) mass is 215 g/mol. The van der Waals surface area contributed by atoms with Gasteiger partial charge >= 0.3 is 5.97 Å². The van der Waals surface area contributed by atoms with E-state index in [9.17, 15) is 4.79 Å². The molecule has 88 valence electrons. The maximum absolute atomic E-state index is 11.1. The second kappa shape index (κ2) is 4.49. The van der Waals surface area contributed by atoms with Crippen molar-refractivity contribution in [2.75, 3.05) is 7.11 Å². The molecular formula is C11H21NO3. The number of carbonyl (C=O) groups excluding carboxylic acids is 1. The van der Waals surface area contributed by atoms with Crippen LogP contribution >= 0.6 is 0 Å². The van der Waals surface area contributed by atoms with Gasteiger partial charge < -0.3 is 15.2 Å². The smallest absolute Gasteiger partial charge is 0.305 e. The second-order valence-electron chi connectivity index (χ2n) is 5.11. The van der Waals surface area contributed by atoms with Gasteiger partial charge in [-0.25, -0.2) is 0 Å². The Balaban J connectivity index is 2.44. The number of esters is 1. The Morgan fingerprint density at radius 2 is 2.07 bits per heavy atom. The van der Waals surface area contributed by atoms with Gasteiger partial charge in [0.1, 0.15) is 0 Å². The van der Waals surface area contributed by atoms with Crippen molar-refractivity contribution in [1.82, 2.24) is 0 Å². The predicted octanol–water partition coefficient (Wildman–Crippen LogP) is 1.08. The molecule has 15 heavy (non-hydrogen) atoms. The van der Waals surface area contributed by atoms with Gasteiger partial charge in [0, 0.05) is 12.0 Å². The minimum atomic E-state index is -0.211. The zero-order chi connectivity index (χ0) is 11.6. The summed E-state index contributed by atoms with van der Waals surface area (Å²) in [7, 11) is 1.39. The summed E-state index contributed by atoms with van der Waals surface area (Å²) in [6, 6.07) is 0.0662. The first kappa shape index (κ1) is 12.5. The molecule has 0 heterocycles. The van der Waals surface area contributed by atoms with E-state index in [1.807, 2.05) is 20.8 Å². The molecule has 0 aromatic carbocycles. The fraction of sp³-hybridized carbons (Fsp3) is 0.909. The summed E-state index contributed by atoms with van der Waals surface area (Å²) in [5.41, 5.74) is 5.67. The predicted molar refractivity (Wildman–Crippen MR) is 57.3 cm³/mol. The van der Waals surface area contributed by atoms with Crippen molar-refractivity contribution in [3.8, 4) is 0 Å². The Bertz CT molecular complexity index is 234. The van der Waals surface area contributed by atoms with Gasteiger partial charge in [-0.15, -0.1) is 0 Å². The Kier molecular flexibility index (Phi) is 3.73. The molecule has 0 radical (unpaired) electrons. The minimum Gasteiger partial charge on any atom is -0.469 e. The van der Waals surface area contributed by atoms with Crippen molar-refractivity contribution in [2.45, 2.75) is 51.4 Å². The summed E-state index contributed by atoms with van der Waals surface area (Å²) in [4.78, 5) is 11.1. The first-order valence-electron chi connectivity index (χ1n) is 5.33. The quantitative estimate of drug-likeness (QED) is 0.716. The maximum Gasteiger partial charge on any atom is 0.305 e. The molecule has 0 amide bonds. The van der Waals surface area contributed by atoms with Crippen LogP contribution in [0.4, 0.5) is 0 Å². The van der Waals surface area contributed by atoms with E-state index in [2.05, 4.69) is 4.74 Å². The first-order valence-corrected chi connectivity index (χ1v) is 5.33. The summed E-state index contributed by atoms with van der Waals surface area (Å²) < 4.78 is 10.4. The molecule has 4 heteroatoms. The number of nitrogens with two attached hydrogens (primary N) is 1. The molecule has 0 aliphatic heterocycles. The minimum absolute atomic E-state index is 0.0662. The molecule has 1 rings (SSSR count). The van der Waals surface area contributed by atoms with Gasteiger partial charge in [-0.05, 0) is 27.2 Å². The lowest BCUT2D eigenvalue weighted by atomic mass is 9.74. The molecule has 1 aliphatic carbocycles. The highest BCUT2D eigenvalue weighted by Crippen LogP contribution is 2.35. The lowest BCUT2D eigenvalue weighted by molar-refractivity contribution is -0.157. The van der Waals surface area contributed by atoms with Crippen molar-refractivity contribution >= 4 is 5.97 Å². The third kappa shape index (κ3) is 3.47. The van der Waals surface area contributed by atoms with E-state index in [1.54, 1.807) is 0 Å². The van der Waals surface area contributed by atoms with Crippen LogP contribution in [0.25, 0.3) is 0 Å². The van der Waals surface area contributed by atoms with Gasteiger partial charge in [0.25, 0.3) is 0 Å². The van der Waals surface area contributed by atoms with Crippen molar-refractivity contribution < 1.29 is 14.3 Å². The van der Waals surface area contributed by atoms with Crippen molar-refractivity contribution in [3.05, 3.63) is 0 Å². The van der Waals surface area contributed by atoms with Crippen LogP contribution in [0.5, 0.6) is 0 Å². The molecule has 0 spiro atoms. The van der Waals surface area contributed by atoms with Crippen LogP contribution in [0.3, 0.4) is 0 Å². The Morgan fingerprint density at radius 3 is 2.47 bits per heavy atom. The second-order valence-corrected chi connectivity index (χ2v) is 5.11. The summed E-state index contributed by atoms with van der Waals surface area (Å²) in [6.07, 6.45) is 1.29. The number of methoxy groups -OCH3 is 1. The van der Waals surface area contributed by atoms with E-state index in [-0.39, 0.29) is 29.6 Å². The Morgan fingerprint density at radius 1 is 1.47 bits per heavy atom. The van der Waals surface area contributed by atoms with E-state index in [0.29, 0.717) is 6.42 Å². The molecule has 0 aromatic rings. The largest absolute Gasteiger partial charge is 0.469 e. The normalized spacial score (nSPS) is 30.9. The molecule has 0 unspecified atom stereocenters. The van der Waals surface area contributed by atoms with Crippen LogP contribution in [0.2, 0.25) is 0 Å². The maximum atomic E-state index is 11.1. The highest BCUT2D eigenvalue weighted by molar-refractivity contribution is 5.69. The van der Waals surface area contributed by atoms with Crippen LogP contribution in [0.1, 0.15) is 33.6 Å². The third-order valence-electron chi connectivity index (χ3n) is 2.67. The lowest BCUT2D eigenvalue weighted by Gasteiger charge is -2.44. The van der Waals surface area contributed by atoms with Gasteiger partial charge in [-0.3, -0.25) is 4.79 Å². The van der Waals surface area contributed by atoms with Gasteiger partial charge in [0.15, 0.2) is 0 Å². The standard InChI is InChI=1S/C11H21NO3/c1-11(2,3)15-9-6-8(12)7(9)5-10(13)14-4/h7-9H,5-6,12H2,1-4H3/t7-,8+,9-/m1/s1. The molecule has 4 nitrogen and oxygen atoms in total. The van der Waals surface area contributed by atoms with Crippen molar-refractivity contribution in [2.24, 2.45) is 11.7 Å². The summed E-state index contributed by atoms with van der Waals surface area (Å²) >= 11 is 0. The van der Waals surface area contributed by atoms with Gasteiger partial charge in [0.05, 0.1) is 25.2 Å². The number of ether oxygens (including phenoxy) is 2. The lowest BCUT2D eigenvalue weighted by Crippen LogP contribution is -2.55. The fourth-order valence-corrected chi connectivity index (χ4v) is 1.85. The van der Waals surface area contributed by atoms with Crippen LogP contribution in [0, 0.1) is 5.92 Å². The first-order chi connectivity index (χ1) is 6.83.